The Morgan fingerprint density at radius 3 is 3.23 bits per heavy atom. The Morgan fingerprint density at radius 2 is 2.50 bits per heavy atom. The predicted molar refractivity (Wildman–Crippen MR) is 85.6 cm³/mol. The molecule has 1 aromatic carbocycles. The summed E-state index contributed by atoms with van der Waals surface area (Å²) in [6, 6.07) is 4.48. The predicted octanol–water partition coefficient (Wildman–Crippen LogP) is 2.05. The van der Waals surface area contributed by atoms with Gasteiger partial charge in [0.1, 0.15) is 11.5 Å². The maximum Gasteiger partial charge on any atom is 0.270 e. The minimum atomic E-state index is -0.518. The summed E-state index contributed by atoms with van der Waals surface area (Å²) in [4.78, 5) is 17.9. The van der Waals surface area contributed by atoms with Crippen molar-refractivity contribution in [2.45, 2.75) is 25.3 Å². The molecule has 0 spiro atoms. The highest BCUT2D eigenvalue weighted by Gasteiger charge is 2.23. The summed E-state index contributed by atoms with van der Waals surface area (Å²) in [7, 11) is 0. The molecule has 0 bridgehead atoms. The molecule has 6 heteroatoms. The van der Waals surface area contributed by atoms with Gasteiger partial charge in [0.15, 0.2) is 0 Å². The molecule has 0 aromatic heterocycles. The Morgan fingerprint density at radius 1 is 1.64 bits per heavy atom. The van der Waals surface area contributed by atoms with Crippen molar-refractivity contribution >= 4 is 23.0 Å². The monoisotopic (exact) mass is 305 g/mol. The lowest BCUT2D eigenvalue weighted by atomic mass is 10.1. The molecule has 0 unspecified atom stereocenters. The molecule has 1 amide bonds. The van der Waals surface area contributed by atoms with Gasteiger partial charge in [0, 0.05) is 31.7 Å². The van der Waals surface area contributed by atoms with Crippen molar-refractivity contribution in [2.75, 3.05) is 23.3 Å². The number of nitrogens with zero attached hydrogens (tertiary/aromatic N) is 2. The van der Waals surface area contributed by atoms with Crippen LogP contribution < -0.4 is 16.0 Å². The average molecular weight is 305 g/mol. The van der Waals surface area contributed by atoms with Gasteiger partial charge in [-0.05, 0) is 25.0 Å². The summed E-state index contributed by atoms with van der Waals surface area (Å²) >= 11 is 0. The molecule has 1 saturated heterocycles. The second kappa shape index (κ2) is 6.27. The number of para-hydroxylation sites is 1. The fourth-order valence-electron chi connectivity index (χ4n) is 2.75. The van der Waals surface area contributed by atoms with E-state index in [4.69, 9.17) is 8.48 Å². The molecule has 1 fully saturated rings. The number of amides is 1. The normalized spacial score (nSPS) is 23.1. The molecule has 0 saturated carbocycles. The van der Waals surface area contributed by atoms with Crippen molar-refractivity contribution < 1.29 is 11.9 Å². The van der Waals surface area contributed by atoms with Gasteiger partial charge in [0.25, 0.3) is 5.91 Å². The maximum atomic E-state index is 14.4. The van der Waals surface area contributed by atoms with Crippen LogP contribution in [0.4, 0.5) is 15.8 Å². The number of hydrogen-bond acceptors (Lipinski definition) is 4. The highest BCUT2D eigenvalue weighted by atomic mass is 19.1. The molecule has 1 atom stereocenters. The van der Waals surface area contributed by atoms with Crippen molar-refractivity contribution in [3.8, 4) is 0 Å². The molecule has 1 aromatic rings. The molecular weight excluding hydrogens is 283 g/mol. The smallest absolute Gasteiger partial charge is 0.270 e. The van der Waals surface area contributed by atoms with Crippen LogP contribution in [0.1, 0.15) is 22.0 Å². The average Bonchev–Trinajstić information content (AvgIpc) is 2.87. The molecule has 0 aliphatic carbocycles. The van der Waals surface area contributed by atoms with Gasteiger partial charge in [-0.25, -0.2) is 4.39 Å². The fourth-order valence-corrected chi connectivity index (χ4v) is 2.75. The Labute approximate surface area is 131 Å². The number of carbonyl (C=O) groups is 1. The third-order valence-electron chi connectivity index (χ3n) is 3.80. The number of hydrogen-bond donors (Lipinski definition) is 2. The standard InChI is InChI=1S/C16H19FN4O/c17-12-5-1-6-13(20-16(22)14-7-2-8-19-14)15(12)21-9-3-4-11(18)10-21/h1-2,5-6,8,11H,3-4,7,9-10,18H2,(H,20,22)/t11-/m1/s1/i2D,8T. The third kappa shape index (κ3) is 3.01. The van der Waals surface area contributed by atoms with Gasteiger partial charge < -0.3 is 16.0 Å². The number of nitrogens with two attached hydrogens (primary N) is 1. The lowest BCUT2D eigenvalue weighted by molar-refractivity contribution is -0.110. The number of allylic oxidation sites excluding steroid dienone is 1. The summed E-state index contributed by atoms with van der Waals surface area (Å²) < 4.78 is 29.3. The van der Waals surface area contributed by atoms with Crippen molar-refractivity contribution in [3.05, 3.63) is 36.2 Å². The van der Waals surface area contributed by atoms with E-state index in [9.17, 15) is 9.18 Å². The van der Waals surface area contributed by atoms with Crippen LogP contribution in [0.3, 0.4) is 0 Å². The van der Waals surface area contributed by atoms with Crippen LogP contribution in [0, 0.1) is 5.82 Å². The third-order valence-corrected chi connectivity index (χ3v) is 3.80. The van der Waals surface area contributed by atoms with Gasteiger partial charge in [-0.1, -0.05) is 12.1 Å². The van der Waals surface area contributed by atoms with Gasteiger partial charge in [-0.3, -0.25) is 9.79 Å². The number of rotatable bonds is 3. The zero-order chi connectivity index (χ0) is 17.3. The van der Waals surface area contributed by atoms with E-state index in [0.29, 0.717) is 24.5 Å². The molecule has 2 aliphatic heterocycles. The number of benzene rings is 1. The molecule has 3 rings (SSSR count). The molecule has 2 heterocycles. The Bertz CT molecular complexity index is 735. The SMILES string of the molecule is [2H]C1=C([3H])N=C(C(=O)Nc2cccc(F)c2N2CCC[C@@H](N)C2)C1. The second-order valence-corrected chi connectivity index (χ2v) is 5.46. The van der Waals surface area contributed by atoms with Crippen LogP contribution in [0.15, 0.2) is 35.4 Å². The summed E-state index contributed by atoms with van der Waals surface area (Å²) in [5.41, 5.74) is 6.74. The molecule has 3 N–H and O–H groups in total. The van der Waals surface area contributed by atoms with Crippen molar-refractivity contribution in [1.29, 1.82) is 0 Å². The van der Waals surface area contributed by atoms with Gasteiger partial charge in [0.2, 0.25) is 0 Å². The molecule has 116 valence electrons. The van der Waals surface area contributed by atoms with Crippen molar-refractivity contribution in [1.82, 2.24) is 0 Å². The van der Waals surface area contributed by atoms with Gasteiger partial charge in [-0.15, -0.1) is 0 Å². The molecular formula is C16H19FN4O. The van der Waals surface area contributed by atoms with E-state index >= 15 is 0 Å². The molecule has 2 aliphatic rings. The number of nitrogens with one attached hydrogen (secondary N) is 1. The largest absolute Gasteiger partial charge is 0.366 e. The summed E-state index contributed by atoms with van der Waals surface area (Å²) in [5.74, 6) is -0.939. The van der Waals surface area contributed by atoms with E-state index in [1.807, 2.05) is 4.90 Å². The number of carbonyl (C=O) groups excluding carboxylic acids is 1. The lowest BCUT2D eigenvalue weighted by Crippen LogP contribution is -2.43. The highest BCUT2D eigenvalue weighted by molar-refractivity contribution is 6.44. The van der Waals surface area contributed by atoms with Crippen molar-refractivity contribution in [3.63, 3.8) is 0 Å². The Hall–Kier alpha value is -2.21. The van der Waals surface area contributed by atoms with Crippen molar-refractivity contribution in [2.24, 2.45) is 10.7 Å². The maximum absolute atomic E-state index is 14.4. The van der Waals surface area contributed by atoms with Crippen LogP contribution in [0.5, 0.6) is 0 Å². The molecule has 22 heavy (non-hydrogen) atoms. The van der Waals surface area contributed by atoms with Gasteiger partial charge >= 0.3 is 0 Å². The minimum absolute atomic E-state index is 0.00150. The summed E-state index contributed by atoms with van der Waals surface area (Å²) in [6.07, 6.45) is 1.57. The number of anilines is 2. The minimum Gasteiger partial charge on any atom is -0.366 e. The summed E-state index contributed by atoms with van der Waals surface area (Å²) in [5, 5.41) is 2.66. The van der Waals surface area contributed by atoms with Crippen LogP contribution >= 0.6 is 0 Å². The first-order valence-corrected chi connectivity index (χ1v) is 7.30. The fraction of sp³-hybridized carbons (Fsp3) is 0.375. The first-order valence-electron chi connectivity index (χ1n) is 8.30. The zero-order valence-corrected chi connectivity index (χ0v) is 12.1. The number of halogens is 1. The second-order valence-electron chi connectivity index (χ2n) is 5.46. The number of aliphatic imine (C=N–C) groups is 1. The van der Waals surface area contributed by atoms with E-state index < -0.39 is 11.7 Å². The van der Waals surface area contributed by atoms with Crippen LogP contribution in [0.2, 0.25) is 0 Å². The lowest BCUT2D eigenvalue weighted by Gasteiger charge is -2.34. The Kier molecular flexibility index (Phi) is 3.52. The van der Waals surface area contributed by atoms with Crippen LogP contribution in [-0.2, 0) is 4.79 Å². The topological polar surface area (TPSA) is 70.7 Å². The van der Waals surface area contributed by atoms with Gasteiger partial charge in [0.05, 0.1) is 14.1 Å². The Balaban J connectivity index is 1.83. The summed E-state index contributed by atoms with van der Waals surface area (Å²) in [6.45, 7) is 1.20. The molecule has 5 nitrogen and oxygen atoms in total. The highest BCUT2D eigenvalue weighted by Crippen LogP contribution is 2.31. The van der Waals surface area contributed by atoms with Gasteiger partial charge in [-0.2, -0.15) is 0 Å². The van der Waals surface area contributed by atoms with E-state index in [1.54, 1.807) is 6.07 Å². The van der Waals surface area contributed by atoms with E-state index in [-0.39, 0.29) is 30.4 Å². The quantitative estimate of drug-likeness (QED) is 0.898. The first kappa shape index (κ1) is 12.3. The van der Waals surface area contributed by atoms with E-state index in [1.165, 1.54) is 12.1 Å². The van der Waals surface area contributed by atoms with Crippen LogP contribution in [0.25, 0.3) is 0 Å². The van der Waals surface area contributed by atoms with E-state index in [0.717, 1.165) is 12.8 Å². The zero-order valence-electron chi connectivity index (χ0n) is 14.1. The number of piperidine rings is 1. The molecule has 0 radical (unpaired) electrons. The van der Waals surface area contributed by atoms with Crippen LogP contribution in [-0.4, -0.2) is 30.8 Å². The first-order chi connectivity index (χ1) is 11.5. The van der Waals surface area contributed by atoms with E-state index in [2.05, 4.69) is 10.3 Å².